The number of rotatable bonds is 4. The lowest BCUT2D eigenvalue weighted by molar-refractivity contribution is -0.384. The Morgan fingerprint density at radius 1 is 1.27 bits per heavy atom. The van der Waals surface area contributed by atoms with Crippen molar-refractivity contribution < 1.29 is 30.1 Å². The van der Waals surface area contributed by atoms with Crippen molar-refractivity contribution in [3.8, 4) is 0 Å². The molecule has 5 N–H and O–H groups in total. The number of hydrogen-bond donors (Lipinski definition) is 5. The fraction of sp³-hybridized carbons (Fsp3) is 0.538. The van der Waals surface area contributed by atoms with Crippen LogP contribution in [-0.4, -0.2) is 62.6 Å². The Morgan fingerprint density at radius 2 is 1.95 bits per heavy atom. The van der Waals surface area contributed by atoms with E-state index in [0.717, 1.165) is 0 Å². The van der Waals surface area contributed by atoms with Gasteiger partial charge in [0.05, 0.1) is 11.5 Å². The first-order valence-corrected chi connectivity index (χ1v) is 6.67. The molecule has 1 aromatic rings. The summed E-state index contributed by atoms with van der Waals surface area (Å²) in [6.07, 6.45) is -6.44. The predicted octanol–water partition coefficient (Wildman–Crippen LogP) is -0.885. The first-order chi connectivity index (χ1) is 10.3. The van der Waals surface area contributed by atoms with Gasteiger partial charge in [0.1, 0.15) is 24.4 Å². The van der Waals surface area contributed by atoms with Crippen molar-refractivity contribution in [3.05, 3.63) is 33.9 Å². The quantitative estimate of drug-likeness (QED) is 0.355. The van der Waals surface area contributed by atoms with Gasteiger partial charge in [0.2, 0.25) is 0 Å². The van der Waals surface area contributed by atoms with Gasteiger partial charge in [-0.3, -0.25) is 10.1 Å². The van der Waals surface area contributed by atoms with Crippen LogP contribution < -0.4 is 5.32 Å². The van der Waals surface area contributed by atoms with E-state index >= 15 is 0 Å². The second kappa shape index (κ2) is 6.55. The number of non-ortho nitro benzene ring substituents is 1. The summed E-state index contributed by atoms with van der Waals surface area (Å²) in [5.41, 5.74) is 0.943. The predicted molar refractivity (Wildman–Crippen MR) is 75.2 cm³/mol. The Bertz CT molecular complexity index is 551. The summed E-state index contributed by atoms with van der Waals surface area (Å²) in [6.45, 7) is 1.11. The molecule has 2 rings (SSSR count). The molecule has 1 aromatic carbocycles. The fourth-order valence-corrected chi connectivity index (χ4v) is 2.30. The standard InChI is InChI=1S/C13H18N2O7/c1-6-4-7(15(20)21)2-3-8(6)14-13-12(19)11(18)10(17)9(5-16)22-13/h2-4,9-14,16-19H,5H2,1H3/t9-,10-,11-,12+,13+/m1/s1. The minimum absolute atomic E-state index is 0.0724. The number of aryl methyl sites for hydroxylation is 1. The number of nitro groups is 1. The largest absolute Gasteiger partial charge is 0.394 e. The third-order valence-corrected chi connectivity index (χ3v) is 3.61. The highest BCUT2D eigenvalue weighted by molar-refractivity contribution is 5.55. The van der Waals surface area contributed by atoms with Crippen LogP contribution in [0.15, 0.2) is 18.2 Å². The normalized spacial score (nSPS) is 31.8. The third-order valence-electron chi connectivity index (χ3n) is 3.61. The average molecular weight is 314 g/mol. The molecule has 22 heavy (non-hydrogen) atoms. The van der Waals surface area contributed by atoms with Gasteiger partial charge in [0.25, 0.3) is 5.69 Å². The summed E-state index contributed by atoms with van der Waals surface area (Å²) in [5.74, 6) is 0. The number of hydrogen-bond acceptors (Lipinski definition) is 8. The second-order valence-corrected chi connectivity index (χ2v) is 5.15. The molecule has 9 nitrogen and oxygen atoms in total. The van der Waals surface area contributed by atoms with Crippen LogP contribution >= 0.6 is 0 Å². The first kappa shape index (κ1) is 16.6. The van der Waals surface area contributed by atoms with E-state index in [9.17, 15) is 25.4 Å². The van der Waals surface area contributed by atoms with Gasteiger partial charge in [-0.05, 0) is 18.6 Å². The van der Waals surface area contributed by atoms with Crippen LogP contribution in [0.3, 0.4) is 0 Å². The molecule has 9 heteroatoms. The van der Waals surface area contributed by atoms with Crippen LogP contribution in [0.1, 0.15) is 5.56 Å². The van der Waals surface area contributed by atoms with Crippen LogP contribution in [0.25, 0.3) is 0 Å². The van der Waals surface area contributed by atoms with E-state index in [2.05, 4.69) is 5.32 Å². The van der Waals surface area contributed by atoms with Crippen LogP contribution in [0.5, 0.6) is 0 Å². The van der Waals surface area contributed by atoms with Crippen molar-refractivity contribution in [1.29, 1.82) is 0 Å². The van der Waals surface area contributed by atoms with E-state index in [1.54, 1.807) is 6.92 Å². The number of aliphatic hydroxyl groups excluding tert-OH is 4. The fourth-order valence-electron chi connectivity index (χ4n) is 2.30. The van der Waals surface area contributed by atoms with Crippen LogP contribution in [0.4, 0.5) is 11.4 Å². The highest BCUT2D eigenvalue weighted by Gasteiger charge is 2.43. The summed E-state index contributed by atoms with van der Waals surface area (Å²) < 4.78 is 5.31. The Morgan fingerprint density at radius 3 is 2.50 bits per heavy atom. The lowest BCUT2D eigenvalue weighted by Crippen LogP contribution is -2.60. The van der Waals surface area contributed by atoms with Gasteiger partial charge in [0, 0.05) is 17.8 Å². The number of benzene rings is 1. The number of aliphatic hydroxyl groups is 4. The van der Waals surface area contributed by atoms with Crippen LogP contribution in [0, 0.1) is 17.0 Å². The smallest absolute Gasteiger partial charge is 0.269 e. The minimum atomic E-state index is -1.48. The van der Waals surface area contributed by atoms with E-state index in [1.807, 2.05) is 0 Å². The summed E-state index contributed by atoms with van der Waals surface area (Å²) >= 11 is 0. The molecule has 0 amide bonds. The topological polar surface area (TPSA) is 145 Å². The average Bonchev–Trinajstić information content (AvgIpc) is 2.49. The monoisotopic (exact) mass is 314 g/mol. The minimum Gasteiger partial charge on any atom is -0.394 e. The molecule has 1 heterocycles. The number of nitrogens with one attached hydrogen (secondary N) is 1. The SMILES string of the molecule is Cc1cc([N+](=O)[O-])ccc1N[C@H]1O[C@H](CO)[C@@H](O)[C@@H](O)[C@@H]1O. The zero-order chi connectivity index (χ0) is 16.4. The molecule has 0 unspecified atom stereocenters. The zero-order valence-corrected chi connectivity index (χ0v) is 11.8. The van der Waals surface area contributed by atoms with Gasteiger partial charge in [0.15, 0.2) is 6.23 Å². The van der Waals surface area contributed by atoms with E-state index in [-0.39, 0.29) is 5.69 Å². The summed E-state index contributed by atoms with van der Waals surface area (Å²) in [6, 6.07) is 4.10. The van der Waals surface area contributed by atoms with E-state index < -0.39 is 42.2 Å². The molecule has 0 spiro atoms. The van der Waals surface area contributed by atoms with E-state index in [4.69, 9.17) is 9.84 Å². The Balaban J connectivity index is 2.17. The highest BCUT2D eigenvalue weighted by atomic mass is 16.6. The number of nitro benzene ring substituents is 1. The Kier molecular flexibility index (Phi) is 4.94. The molecule has 0 radical (unpaired) electrons. The molecule has 5 atom stereocenters. The van der Waals surface area contributed by atoms with Gasteiger partial charge >= 0.3 is 0 Å². The molecule has 0 saturated carbocycles. The van der Waals surface area contributed by atoms with Crippen molar-refractivity contribution in [2.45, 2.75) is 37.6 Å². The molecular formula is C13H18N2O7. The maximum Gasteiger partial charge on any atom is 0.269 e. The van der Waals surface area contributed by atoms with Gasteiger partial charge in [-0.1, -0.05) is 0 Å². The van der Waals surface area contributed by atoms with Gasteiger partial charge in [-0.15, -0.1) is 0 Å². The van der Waals surface area contributed by atoms with E-state index in [1.165, 1.54) is 18.2 Å². The zero-order valence-electron chi connectivity index (χ0n) is 11.8. The van der Waals surface area contributed by atoms with Gasteiger partial charge in [-0.2, -0.15) is 0 Å². The lowest BCUT2D eigenvalue weighted by atomic mass is 9.98. The third kappa shape index (κ3) is 3.18. The van der Waals surface area contributed by atoms with Crippen LogP contribution in [-0.2, 0) is 4.74 Å². The van der Waals surface area contributed by atoms with Crippen molar-refractivity contribution in [2.75, 3.05) is 11.9 Å². The van der Waals surface area contributed by atoms with Crippen LogP contribution in [0.2, 0.25) is 0 Å². The van der Waals surface area contributed by atoms with Crippen molar-refractivity contribution in [2.24, 2.45) is 0 Å². The molecule has 1 aliphatic rings. The van der Waals surface area contributed by atoms with Crippen molar-refractivity contribution in [3.63, 3.8) is 0 Å². The molecule has 0 aliphatic carbocycles. The maximum absolute atomic E-state index is 10.7. The molecular weight excluding hydrogens is 296 g/mol. The highest BCUT2D eigenvalue weighted by Crippen LogP contribution is 2.26. The summed E-state index contributed by atoms with van der Waals surface area (Å²) in [7, 11) is 0. The second-order valence-electron chi connectivity index (χ2n) is 5.15. The van der Waals surface area contributed by atoms with Gasteiger partial charge < -0.3 is 30.5 Å². The Labute approximate surface area is 125 Å². The van der Waals surface area contributed by atoms with Crippen molar-refractivity contribution >= 4 is 11.4 Å². The molecule has 1 fully saturated rings. The molecule has 122 valence electrons. The van der Waals surface area contributed by atoms with Gasteiger partial charge in [-0.25, -0.2) is 0 Å². The lowest BCUT2D eigenvalue weighted by Gasteiger charge is -2.40. The maximum atomic E-state index is 10.7. The van der Waals surface area contributed by atoms with E-state index in [0.29, 0.717) is 11.3 Å². The number of ether oxygens (including phenoxy) is 1. The molecule has 1 aliphatic heterocycles. The Hall–Kier alpha value is -1.78. The molecule has 1 saturated heterocycles. The molecule has 0 aromatic heterocycles. The first-order valence-electron chi connectivity index (χ1n) is 6.67. The summed E-state index contributed by atoms with van der Waals surface area (Å²) in [5, 5.41) is 52.0. The van der Waals surface area contributed by atoms with Crippen molar-refractivity contribution in [1.82, 2.24) is 0 Å². The number of anilines is 1. The summed E-state index contributed by atoms with van der Waals surface area (Å²) in [4.78, 5) is 10.2. The number of nitrogens with zero attached hydrogens (tertiary/aromatic N) is 1. The molecule has 0 bridgehead atoms.